The summed E-state index contributed by atoms with van der Waals surface area (Å²) in [5.41, 5.74) is 1.95. The number of rotatable bonds is 11. The summed E-state index contributed by atoms with van der Waals surface area (Å²) in [6.07, 6.45) is 8.98. The third-order valence-electron chi connectivity index (χ3n) is 8.69. The molecule has 1 aromatic carbocycles. The number of piperidine rings is 1. The van der Waals surface area contributed by atoms with Gasteiger partial charge in [-0.1, -0.05) is 25.3 Å². The lowest BCUT2D eigenvalue weighted by Crippen LogP contribution is -2.46. The molecule has 1 aromatic heterocycles. The second-order valence-corrected chi connectivity index (χ2v) is 11.4. The van der Waals surface area contributed by atoms with Gasteiger partial charge in [-0.2, -0.15) is 5.10 Å². The maximum atomic E-state index is 13.8. The van der Waals surface area contributed by atoms with Crippen LogP contribution in [0.4, 0.5) is 0 Å². The Morgan fingerprint density at radius 1 is 1.00 bits per heavy atom. The summed E-state index contributed by atoms with van der Waals surface area (Å²) in [6, 6.07) is 7.47. The first-order valence-corrected chi connectivity index (χ1v) is 15.3. The van der Waals surface area contributed by atoms with Crippen LogP contribution in [0.2, 0.25) is 0 Å². The van der Waals surface area contributed by atoms with Crippen molar-refractivity contribution in [1.29, 1.82) is 0 Å². The third kappa shape index (κ3) is 7.22. The molecular weight excluding hydrogens is 522 g/mol. The lowest BCUT2D eigenvalue weighted by molar-refractivity contribution is -0.135. The molecule has 1 N–H and O–H groups in total. The highest BCUT2D eigenvalue weighted by atomic mass is 16.5. The molecular formula is C31H45N5O5. The molecule has 3 heterocycles. The van der Waals surface area contributed by atoms with Gasteiger partial charge < -0.3 is 29.3 Å². The molecule has 10 heteroatoms. The molecule has 1 saturated carbocycles. The van der Waals surface area contributed by atoms with E-state index in [9.17, 15) is 9.59 Å². The molecule has 1 atom stereocenters. The summed E-state index contributed by atoms with van der Waals surface area (Å²) < 4.78 is 18.8. The van der Waals surface area contributed by atoms with E-state index in [0.717, 1.165) is 63.0 Å². The van der Waals surface area contributed by atoms with Crippen LogP contribution in [0.15, 0.2) is 24.3 Å². The summed E-state index contributed by atoms with van der Waals surface area (Å²) in [4.78, 5) is 31.3. The van der Waals surface area contributed by atoms with Crippen molar-refractivity contribution in [2.24, 2.45) is 0 Å². The van der Waals surface area contributed by atoms with Gasteiger partial charge in [-0.05, 0) is 63.4 Å². The molecule has 3 aliphatic rings. The Labute approximate surface area is 243 Å². The molecule has 2 saturated heterocycles. The van der Waals surface area contributed by atoms with Gasteiger partial charge in [-0.15, -0.1) is 0 Å². The third-order valence-corrected chi connectivity index (χ3v) is 8.69. The Kier molecular flexibility index (Phi) is 10.2. The van der Waals surface area contributed by atoms with Gasteiger partial charge in [0.1, 0.15) is 11.5 Å². The normalized spacial score (nSPS) is 19.2. The van der Waals surface area contributed by atoms with Crippen molar-refractivity contribution in [3.63, 3.8) is 0 Å². The van der Waals surface area contributed by atoms with Crippen molar-refractivity contribution in [2.75, 3.05) is 60.2 Å². The van der Waals surface area contributed by atoms with E-state index in [0.29, 0.717) is 43.5 Å². The van der Waals surface area contributed by atoms with Crippen LogP contribution in [0.3, 0.4) is 0 Å². The number of benzene rings is 1. The second-order valence-electron chi connectivity index (χ2n) is 11.4. The van der Waals surface area contributed by atoms with E-state index in [1.54, 1.807) is 14.2 Å². The van der Waals surface area contributed by atoms with Crippen molar-refractivity contribution in [1.82, 2.24) is 24.9 Å². The van der Waals surface area contributed by atoms with E-state index in [4.69, 9.17) is 19.3 Å². The van der Waals surface area contributed by atoms with Gasteiger partial charge in [-0.25, -0.2) is 0 Å². The van der Waals surface area contributed by atoms with Crippen LogP contribution < -0.4 is 14.8 Å². The Hall–Kier alpha value is -3.11. The largest absolute Gasteiger partial charge is 0.496 e. The molecule has 41 heavy (non-hydrogen) atoms. The standard InChI is InChI=1S/C31H45N5O5/c1-39-27-11-8-12-28(40-2)30(27)26-22-25(33-36(26)24-9-4-5-10-24)31(38)32-23(13-16-34-14-6-3-7-15-34)21-29(37)35-17-19-41-20-18-35/h8,11-12,22-24H,3-7,9-10,13-21H2,1-2H3,(H,32,38)/t23-/m0/s1. The van der Waals surface area contributed by atoms with E-state index in [1.807, 2.05) is 33.8 Å². The monoisotopic (exact) mass is 567 g/mol. The van der Waals surface area contributed by atoms with E-state index in [2.05, 4.69) is 10.2 Å². The van der Waals surface area contributed by atoms with E-state index < -0.39 is 0 Å². The molecule has 0 radical (unpaired) electrons. The van der Waals surface area contributed by atoms with Crippen LogP contribution in [0, 0.1) is 0 Å². The maximum absolute atomic E-state index is 13.8. The smallest absolute Gasteiger partial charge is 0.272 e. The fourth-order valence-electron chi connectivity index (χ4n) is 6.38. The summed E-state index contributed by atoms with van der Waals surface area (Å²) in [5, 5.41) is 8.06. The number of carbonyl (C=O) groups is 2. The number of amides is 2. The number of morpholine rings is 1. The maximum Gasteiger partial charge on any atom is 0.272 e. The second kappa shape index (κ2) is 14.2. The first-order valence-electron chi connectivity index (χ1n) is 15.3. The van der Waals surface area contributed by atoms with Crippen LogP contribution in [0.1, 0.15) is 74.3 Å². The zero-order chi connectivity index (χ0) is 28.6. The number of hydrogen-bond acceptors (Lipinski definition) is 7. The van der Waals surface area contributed by atoms with Gasteiger partial charge in [0.25, 0.3) is 5.91 Å². The van der Waals surface area contributed by atoms with Crippen molar-refractivity contribution in [2.45, 2.75) is 69.9 Å². The quantitative estimate of drug-likeness (QED) is 0.440. The molecule has 0 spiro atoms. The van der Waals surface area contributed by atoms with Gasteiger partial charge in [0.2, 0.25) is 5.91 Å². The predicted molar refractivity (Wildman–Crippen MR) is 156 cm³/mol. The van der Waals surface area contributed by atoms with Gasteiger partial charge >= 0.3 is 0 Å². The molecule has 2 aromatic rings. The number of aromatic nitrogens is 2. The highest BCUT2D eigenvalue weighted by Crippen LogP contribution is 2.41. The zero-order valence-electron chi connectivity index (χ0n) is 24.6. The molecule has 2 amide bonds. The highest BCUT2D eigenvalue weighted by Gasteiger charge is 2.29. The summed E-state index contributed by atoms with van der Waals surface area (Å²) in [6.45, 7) is 5.33. The first-order chi connectivity index (χ1) is 20.1. The van der Waals surface area contributed by atoms with Crippen LogP contribution in [-0.2, 0) is 9.53 Å². The Morgan fingerprint density at radius 2 is 1.68 bits per heavy atom. The SMILES string of the molecule is COc1cccc(OC)c1-c1cc(C(=O)N[C@@H](CCN2CCCCC2)CC(=O)N2CCOCC2)nn1C1CCCC1. The van der Waals surface area contributed by atoms with Crippen molar-refractivity contribution >= 4 is 11.8 Å². The number of carbonyl (C=O) groups excluding carboxylic acids is 2. The summed E-state index contributed by atoms with van der Waals surface area (Å²) in [7, 11) is 3.28. The molecule has 5 rings (SSSR count). The molecule has 10 nitrogen and oxygen atoms in total. The average molecular weight is 568 g/mol. The predicted octanol–water partition coefficient (Wildman–Crippen LogP) is 3.91. The first kappa shape index (κ1) is 29.4. The zero-order valence-corrected chi connectivity index (χ0v) is 24.6. The molecule has 1 aliphatic carbocycles. The number of ether oxygens (including phenoxy) is 3. The molecule has 0 bridgehead atoms. The lowest BCUT2D eigenvalue weighted by atomic mass is 10.1. The van der Waals surface area contributed by atoms with Gasteiger partial charge in [0, 0.05) is 32.1 Å². The van der Waals surface area contributed by atoms with Crippen LogP contribution in [0.5, 0.6) is 11.5 Å². The lowest BCUT2D eigenvalue weighted by Gasteiger charge is -2.30. The highest BCUT2D eigenvalue weighted by molar-refractivity contribution is 5.94. The van der Waals surface area contributed by atoms with Crippen LogP contribution in [0.25, 0.3) is 11.3 Å². The van der Waals surface area contributed by atoms with Crippen molar-refractivity contribution < 1.29 is 23.8 Å². The van der Waals surface area contributed by atoms with Crippen LogP contribution >= 0.6 is 0 Å². The van der Waals surface area contributed by atoms with E-state index in [1.165, 1.54) is 19.3 Å². The minimum Gasteiger partial charge on any atom is -0.496 e. The molecule has 2 aliphatic heterocycles. The van der Waals surface area contributed by atoms with Crippen molar-refractivity contribution in [3.05, 3.63) is 30.0 Å². The molecule has 0 unspecified atom stereocenters. The summed E-state index contributed by atoms with van der Waals surface area (Å²) >= 11 is 0. The van der Waals surface area contributed by atoms with Gasteiger partial charge in [0.15, 0.2) is 5.69 Å². The Morgan fingerprint density at radius 3 is 2.34 bits per heavy atom. The van der Waals surface area contributed by atoms with Gasteiger partial charge in [0.05, 0.1) is 44.7 Å². The fraction of sp³-hybridized carbons (Fsp3) is 0.645. The van der Waals surface area contributed by atoms with E-state index >= 15 is 0 Å². The van der Waals surface area contributed by atoms with Crippen LogP contribution in [-0.4, -0.2) is 97.6 Å². The Balaban J connectivity index is 1.39. The van der Waals surface area contributed by atoms with Gasteiger partial charge in [-0.3, -0.25) is 14.3 Å². The van der Waals surface area contributed by atoms with E-state index in [-0.39, 0.29) is 30.3 Å². The minimum absolute atomic E-state index is 0.0631. The fourth-order valence-corrected chi connectivity index (χ4v) is 6.38. The molecule has 224 valence electrons. The Bertz CT molecular complexity index is 1140. The number of hydrogen-bond donors (Lipinski definition) is 1. The number of likely N-dealkylation sites (tertiary alicyclic amines) is 1. The van der Waals surface area contributed by atoms with Crippen molar-refractivity contribution in [3.8, 4) is 22.8 Å². The minimum atomic E-state index is -0.277. The number of methoxy groups -OCH3 is 2. The average Bonchev–Trinajstić information content (AvgIpc) is 3.71. The number of nitrogens with one attached hydrogen (secondary N) is 1. The topological polar surface area (TPSA) is 98.2 Å². The summed E-state index contributed by atoms with van der Waals surface area (Å²) in [5.74, 6) is 1.15. The molecule has 3 fully saturated rings. The number of nitrogens with zero attached hydrogens (tertiary/aromatic N) is 4.